The Bertz CT molecular complexity index is 633. The van der Waals surface area contributed by atoms with E-state index >= 15 is 0 Å². The Morgan fingerprint density at radius 1 is 1.25 bits per heavy atom. The number of amides is 2. The molecule has 0 aliphatic carbocycles. The van der Waals surface area contributed by atoms with Crippen molar-refractivity contribution in [1.29, 1.82) is 0 Å². The number of carbonyl (C=O) groups excluding carboxylic acids is 1. The summed E-state index contributed by atoms with van der Waals surface area (Å²) >= 11 is 0. The van der Waals surface area contributed by atoms with Gasteiger partial charge in [0.1, 0.15) is 5.75 Å². The second-order valence-corrected chi connectivity index (χ2v) is 6.93. The minimum atomic E-state index is -1.09. The lowest BCUT2D eigenvalue weighted by molar-refractivity contribution is 0.0936. The van der Waals surface area contributed by atoms with Crippen LogP contribution in [0.1, 0.15) is 37.0 Å². The number of nitrogens with one attached hydrogen (secondary N) is 2. The number of hydrogen-bond donors (Lipinski definition) is 3. The van der Waals surface area contributed by atoms with Crippen LogP contribution in [0.3, 0.4) is 0 Å². The molecule has 156 valence electrons. The maximum atomic E-state index is 12.7. The highest BCUT2D eigenvalue weighted by Gasteiger charge is 2.21. The molecule has 2 unspecified atom stereocenters. The third kappa shape index (κ3) is 8.43. The van der Waals surface area contributed by atoms with Crippen molar-refractivity contribution in [3.8, 4) is 5.75 Å². The van der Waals surface area contributed by atoms with Gasteiger partial charge in [-0.3, -0.25) is 4.79 Å². The van der Waals surface area contributed by atoms with Crippen molar-refractivity contribution in [2.75, 3.05) is 26.9 Å². The van der Waals surface area contributed by atoms with E-state index < -0.39 is 6.09 Å². The third-order valence-electron chi connectivity index (χ3n) is 4.50. The molecule has 1 rings (SSSR count). The Labute approximate surface area is 167 Å². The maximum Gasteiger partial charge on any atom is 0.405 e. The summed E-state index contributed by atoms with van der Waals surface area (Å²) < 4.78 is 10.7. The van der Waals surface area contributed by atoms with E-state index in [0.29, 0.717) is 37.5 Å². The summed E-state index contributed by atoms with van der Waals surface area (Å²) in [6.07, 6.45) is 1.79. The van der Waals surface area contributed by atoms with Gasteiger partial charge in [0, 0.05) is 26.7 Å². The average molecular weight is 392 g/mol. The van der Waals surface area contributed by atoms with Gasteiger partial charge in [0.2, 0.25) is 0 Å². The fourth-order valence-electron chi connectivity index (χ4n) is 2.77. The highest BCUT2D eigenvalue weighted by atomic mass is 16.5. The van der Waals surface area contributed by atoms with Crippen molar-refractivity contribution in [1.82, 2.24) is 10.6 Å². The second-order valence-electron chi connectivity index (χ2n) is 6.93. The van der Waals surface area contributed by atoms with Gasteiger partial charge in [-0.05, 0) is 30.4 Å². The number of carbonyl (C=O) groups is 2. The predicted molar refractivity (Wildman–Crippen MR) is 109 cm³/mol. The molecule has 0 aliphatic rings. The van der Waals surface area contributed by atoms with Crippen LogP contribution < -0.4 is 15.4 Å². The summed E-state index contributed by atoms with van der Waals surface area (Å²) in [5.74, 6) is 0.676. The smallest absolute Gasteiger partial charge is 0.405 e. The molecule has 0 heterocycles. The molecule has 7 heteroatoms. The molecule has 0 radical (unpaired) electrons. The van der Waals surface area contributed by atoms with Crippen molar-refractivity contribution < 1.29 is 24.2 Å². The summed E-state index contributed by atoms with van der Waals surface area (Å²) in [6, 6.07) is 6.75. The third-order valence-corrected chi connectivity index (χ3v) is 4.50. The average Bonchev–Trinajstić information content (AvgIpc) is 2.67. The Balaban J connectivity index is 2.69. The number of para-hydroxylation sites is 1. The number of rotatable bonds is 13. The highest BCUT2D eigenvalue weighted by Crippen LogP contribution is 2.20. The first-order valence-electron chi connectivity index (χ1n) is 9.50. The molecule has 3 N–H and O–H groups in total. The van der Waals surface area contributed by atoms with E-state index in [9.17, 15) is 9.59 Å². The highest BCUT2D eigenvalue weighted by molar-refractivity contribution is 5.96. The first kappa shape index (κ1) is 23.5. The van der Waals surface area contributed by atoms with E-state index in [0.717, 1.165) is 6.42 Å². The van der Waals surface area contributed by atoms with Crippen LogP contribution in [0.25, 0.3) is 0 Å². The molecule has 0 saturated carbocycles. The summed E-state index contributed by atoms with van der Waals surface area (Å²) in [5.41, 5.74) is 0.478. The molecule has 1 aromatic rings. The van der Waals surface area contributed by atoms with Crippen molar-refractivity contribution in [3.05, 3.63) is 42.5 Å². The molecule has 7 nitrogen and oxygen atoms in total. The van der Waals surface area contributed by atoms with Gasteiger partial charge in [-0.2, -0.15) is 0 Å². The van der Waals surface area contributed by atoms with Crippen LogP contribution in [0, 0.1) is 11.8 Å². The first-order chi connectivity index (χ1) is 13.4. The quantitative estimate of drug-likeness (QED) is 0.353. The Hall–Kier alpha value is -2.54. The van der Waals surface area contributed by atoms with Crippen LogP contribution in [0.4, 0.5) is 4.79 Å². The molecular formula is C21H32N2O5. The molecule has 0 aliphatic heterocycles. The van der Waals surface area contributed by atoms with Crippen molar-refractivity contribution in [2.24, 2.45) is 11.8 Å². The van der Waals surface area contributed by atoms with Crippen LogP contribution in [0.2, 0.25) is 0 Å². The van der Waals surface area contributed by atoms with Crippen molar-refractivity contribution >= 4 is 12.0 Å². The fourth-order valence-corrected chi connectivity index (χ4v) is 2.77. The van der Waals surface area contributed by atoms with E-state index in [-0.39, 0.29) is 23.8 Å². The van der Waals surface area contributed by atoms with Gasteiger partial charge < -0.3 is 25.2 Å². The molecule has 0 fully saturated rings. The minimum Gasteiger partial charge on any atom is -0.493 e. The van der Waals surface area contributed by atoms with Gasteiger partial charge in [0.25, 0.3) is 5.91 Å². The molecule has 0 saturated heterocycles. The lowest BCUT2D eigenvalue weighted by Gasteiger charge is -2.25. The molecule has 0 aromatic heterocycles. The van der Waals surface area contributed by atoms with E-state index in [1.54, 1.807) is 31.4 Å². The maximum absolute atomic E-state index is 12.7. The molecule has 0 bridgehead atoms. The zero-order valence-corrected chi connectivity index (χ0v) is 16.9. The van der Waals surface area contributed by atoms with Crippen LogP contribution in [0.5, 0.6) is 5.75 Å². The monoisotopic (exact) mass is 392 g/mol. The van der Waals surface area contributed by atoms with Gasteiger partial charge in [-0.15, -0.1) is 6.58 Å². The second kappa shape index (κ2) is 12.8. The van der Waals surface area contributed by atoms with Gasteiger partial charge in [-0.25, -0.2) is 4.79 Å². The van der Waals surface area contributed by atoms with E-state index in [4.69, 9.17) is 14.6 Å². The predicted octanol–water partition coefficient (Wildman–Crippen LogP) is 3.32. The van der Waals surface area contributed by atoms with Crippen LogP contribution in [-0.4, -0.2) is 50.0 Å². The van der Waals surface area contributed by atoms with Crippen LogP contribution >= 0.6 is 0 Å². The zero-order chi connectivity index (χ0) is 20.9. The minimum absolute atomic E-state index is 0.0913. The molecule has 1 aromatic carbocycles. The standard InChI is InChI=1S/C21H32N2O5/c1-5-17(23-21(25)26)13-16(15(2)3)14-22-20(24)18-9-6-7-10-19(18)28-12-8-11-27-4/h5-7,9-10,15-17,23H,1,8,11-14H2,2-4H3,(H,22,24)(H,25,26). The Morgan fingerprint density at radius 2 is 1.96 bits per heavy atom. The van der Waals surface area contributed by atoms with Gasteiger partial charge >= 0.3 is 6.09 Å². The normalized spacial score (nSPS) is 12.9. The molecule has 2 amide bonds. The number of methoxy groups -OCH3 is 1. The topological polar surface area (TPSA) is 96.9 Å². The van der Waals surface area contributed by atoms with Gasteiger partial charge in [-0.1, -0.05) is 32.1 Å². The number of hydrogen-bond acceptors (Lipinski definition) is 4. The zero-order valence-electron chi connectivity index (χ0n) is 16.9. The number of ether oxygens (including phenoxy) is 2. The molecule has 2 atom stereocenters. The van der Waals surface area contributed by atoms with Crippen molar-refractivity contribution in [2.45, 2.75) is 32.7 Å². The Morgan fingerprint density at radius 3 is 2.57 bits per heavy atom. The molecule has 28 heavy (non-hydrogen) atoms. The van der Waals surface area contributed by atoms with Gasteiger partial charge in [0.15, 0.2) is 0 Å². The lowest BCUT2D eigenvalue weighted by atomic mass is 9.89. The summed E-state index contributed by atoms with van der Waals surface area (Å²) in [4.78, 5) is 23.6. The van der Waals surface area contributed by atoms with Crippen LogP contribution in [0.15, 0.2) is 36.9 Å². The number of benzene rings is 1. The Kier molecular flexibility index (Phi) is 10.7. The van der Waals surface area contributed by atoms with E-state index in [1.165, 1.54) is 0 Å². The molecular weight excluding hydrogens is 360 g/mol. The summed E-state index contributed by atoms with van der Waals surface area (Å²) in [7, 11) is 1.63. The molecule has 0 spiro atoms. The number of carboxylic acid groups (broad SMARTS) is 1. The van der Waals surface area contributed by atoms with Crippen molar-refractivity contribution in [3.63, 3.8) is 0 Å². The first-order valence-corrected chi connectivity index (χ1v) is 9.50. The summed E-state index contributed by atoms with van der Waals surface area (Å²) in [6.45, 7) is 9.27. The van der Waals surface area contributed by atoms with Crippen LogP contribution in [-0.2, 0) is 4.74 Å². The van der Waals surface area contributed by atoms with Gasteiger partial charge in [0.05, 0.1) is 18.2 Å². The summed E-state index contributed by atoms with van der Waals surface area (Å²) in [5, 5.41) is 14.3. The largest absolute Gasteiger partial charge is 0.493 e. The fraction of sp³-hybridized carbons (Fsp3) is 0.524. The SMILES string of the molecule is C=CC(CC(CNC(=O)c1ccccc1OCCCOC)C(C)C)NC(=O)O. The van der Waals surface area contributed by atoms with E-state index in [2.05, 4.69) is 17.2 Å². The van der Waals surface area contributed by atoms with E-state index in [1.807, 2.05) is 19.9 Å². The lowest BCUT2D eigenvalue weighted by Crippen LogP contribution is -2.38.